The number of anilines is 1. The largest absolute Gasteiger partial charge is 0.370 e. The average molecular weight is 555 g/mol. The Labute approximate surface area is 231 Å². The van der Waals surface area contributed by atoms with E-state index < -0.39 is 5.60 Å². The number of benzene rings is 1. The molecule has 38 heavy (non-hydrogen) atoms. The molecule has 5 heterocycles. The Balaban J connectivity index is 1.37. The van der Waals surface area contributed by atoms with E-state index in [1.165, 1.54) is 11.8 Å². The average Bonchev–Trinajstić information content (AvgIpc) is 3.20. The van der Waals surface area contributed by atoms with Crippen LogP contribution in [0.4, 0.5) is 5.82 Å². The van der Waals surface area contributed by atoms with E-state index in [4.69, 9.17) is 31.0 Å². The Hall–Kier alpha value is -2.66. The fourth-order valence-electron chi connectivity index (χ4n) is 5.62. The van der Waals surface area contributed by atoms with Crippen molar-refractivity contribution in [2.75, 3.05) is 38.4 Å². The van der Waals surface area contributed by atoms with Gasteiger partial charge in [0.1, 0.15) is 11.4 Å². The third kappa shape index (κ3) is 4.37. The Bertz CT molecular complexity index is 1410. The van der Waals surface area contributed by atoms with E-state index in [-0.39, 0.29) is 12.0 Å². The molecule has 3 aliphatic rings. The van der Waals surface area contributed by atoms with Gasteiger partial charge in [0.2, 0.25) is 0 Å². The van der Waals surface area contributed by atoms with Crippen LogP contribution >= 0.6 is 23.4 Å². The minimum absolute atomic E-state index is 0.0215. The maximum absolute atomic E-state index is 12.5. The van der Waals surface area contributed by atoms with Crippen molar-refractivity contribution in [3.8, 4) is 0 Å². The lowest BCUT2D eigenvalue weighted by Crippen LogP contribution is -2.45. The fourth-order valence-corrected chi connectivity index (χ4v) is 6.17. The number of hydrogen-bond acceptors (Lipinski definition) is 8. The number of fused-ring (bicyclic) bond motifs is 4. The monoisotopic (exact) mass is 554 g/mol. The highest BCUT2D eigenvalue weighted by atomic mass is 35.5. The molecule has 1 spiro atoms. The molecule has 2 atom stereocenters. The highest BCUT2D eigenvalue weighted by molar-refractivity contribution is 7.98. The molecule has 2 aromatic heterocycles. The van der Waals surface area contributed by atoms with Crippen LogP contribution in [0.5, 0.6) is 0 Å². The minimum Gasteiger partial charge on any atom is -0.370 e. The lowest BCUT2D eigenvalue weighted by atomic mass is 9.80. The summed E-state index contributed by atoms with van der Waals surface area (Å²) in [4.78, 5) is 26.3. The molecule has 3 aliphatic heterocycles. The van der Waals surface area contributed by atoms with E-state index in [1.807, 2.05) is 35.2 Å². The SMILES string of the molecule is CSc1nc2c(c(N3CCCn4nc(C(=O)N(C)C)cc4C3)n1)CO[C@@]1(CO[C@@H](C)c3ccc(Cl)cc31)C2. The van der Waals surface area contributed by atoms with Crippen molar-refractivity contribution in [1.82, 2.24) is 24.6 Å². The van der Waals surface area contributed by atoms with Crippen LogP contribution in [0.2, 0.25) is 5.02 Å². The number of amides is 1. The van der Waals surface area contributed by atoms with Gasteiger partial charge in [0.05, 0.1) is 37.3 Å². The quantitative estimate of drug-likeness (QED) is 0.351. The molecular weight excluding hydrogens is 524 g/mol. The maximum Gasteiger partial charge on any atom is 0.273 e. The van der Waals surface area contributed by atoms with Crippen LogP contribution in [0.25, 0.3) is 0 Å². The van der Waals surface area contributed by atoms with E-state index in [1.54, 1.807) is 19.0 Å². The van der Waals surface area contributed by atoms with Gasteiger partial charge in [0.25, 0.3) is 5.91 Å². The van der Waals surface area contributed by atoms with Crippen LogP contribution in [0.15, 0.2) is 29.4 Å². The van der Waals surface area contributed by atoms with Gasteiger partial charge in [0.15, 0.2) is 10.9 Å². The summed E-state index contributed by atoms with van der Waals surface area (Å²) < 4.78 is 14.8. The molecule has 9 nitrogen and oxygen atoms in total. The Kier molecular flexibility index (Phi) is 6.62. The molecule has 0 saturated carbocycles. The minimum atomic E-state index is -0.639. The van der Waals surface area contributed by atoms with E-state index in [0.717, 1.165) is 58.6 Å². The van der Waals surface area contributed by atoms with Crippen molar-refractivity contribution in [1.29, 1.82) is 0 Å². The lowest BCUT2D eigenvalue weighted by Gasteiger charge is -2.44. The van der Waals surface area contributed by atoms with E-state index in [2.05, 4.69) is 16.9 Å². The summed E-state index contributed by atoms with van der Waals surface area (Å²) in [5.41, 5.74) is 5.00. The summed E-state index contributed by atoms with van der Waals surface area (Å²) in [6, 6.07) is 7.86. The molecular formula is C27H31ClN6O3S. The van der Waals surface area contributed by atoms with Crippen LogP contribution in [-0.2, 0) is 41.2 Å². The molecule has 0 bridgehead atoms. The summed E-state index contributed by atoms with van der Waals surface area (Å²) in [6.07, 6.45) is 3.45. The Morgan fingerprint density at radius 2 is 2.08 bits per heavy atom. The molecule has 11 heteroatoms. The number of ether oxygens (including phenoxy) is 2. The number of thioether (sulfide) groups is 1. The maximum atomic E-state index is 12.5. The predicted molar refractivity (Wildman–Crippen MR) is 146 cm³/mol. The van der Waals surface area contributed by atoms with Gasteiger partial charge in [-0.25, -0.2) is 9.97 Å². The van der Waals surface area contributed by atoms with Gasteiger partial charge in [-0.2, -0.15) is 5.10 Å². The van der Waals surface area contributed by atoms with Gasteiger partial charge in [-0.05, 0) is 48.9 Å². The third-order valence-electron chi connectivity index (χ3n) is 7.63. The number of carbonyl (C=O) groups excluding carboxylic acids is 1. The Morgan fingerprint density at radius 3 is 2.87 bits per heavy atom. The van der Waals surface area contributed by atoms with Crippen molar-refractivity contribution < 1.29 is 14.3 Å². The first-order valence-corrected chi connectivity index (χ1v) is 14.4. The molecule has 200 valence electrons. The summed E-state index contributed by atoms with van der Waals surface area (Å²) in [7, 11) is 3.49. The van der Waals surface area contributed by atoms with Crippen molar-refractivity contribution >= 4 is 35.1 Å². The molecule has 0 saturated heterocycles. The molecule has 0 N–H and O–H groups in total. The predicted octanol–water partition coefficient (Wildman–Crippen LogP) is 4.22. The molecule has 0 aliphatic carbocycles. The molecule has 1 aromatic carbocycles. The zero-order chi connectivity index (χ0) is 26.6. The molecule has 0 unspecified atom stereocenters. The smallest absolute Gasteiger partial charge is 0.273 e. The second-order valence-electron chi connectivity index (χ2n) is 10.3. The molecule has 6 rings (SSSR count). The zero-order valence-corrected chi connectivity index (χ0v) is 23.6. The van der Waals surface area contributed by atoms with Gasteiger partial charge in [0, 0.05) is 44.2 Å². The summed E-state index contributed by atoms with van der Waals surface area (Å²) in [6.45, 7) is 5.06. The standard InChI is InChI=1S/C27H31ClN6O3S/c1-16-19-7-6-17(28)10-21(19)27(15-36-16)12-23-20(14-37-27)24(30-26(29-23)38-4)33-8-5-9-34-18(13-33)11-22(31-34)25(35)32(2)3/h6-7,10-11,16H,5,8-9,12-15H2,1-4H3/t16-,27+/m0/s1. The Morgan fingerprint density at radius 1 is 1.24 bits per heavy atom. The molecule has 0 fully saturated rings. The van der Waals surface area contributed by atoms with Crippen molar-refractivity contribution in [2.24, 2.45) is 0 Å². The summed E-state index contributed by atoms with van der Waals surface area (Å²) >= 11 is 7.97. The van der Waals surface area contributed by atoms with E-state index in [0.29, 0.717) is 36.9 Å². The first-order chi connectivity index (χ1) is 18.3. The topological polar surface area (TPSA) is 85.6 Å². The molecule has 0 radical (unpaired) electrons. The third-order valence-corrected chi connectivity index (χ3v) is 8.41. The van der Waals surface area contributed by atoms with Crippen molar-refractivity contribution in [2.45, 2.75) is 56.3 Å². The van der Waals surface area contributed by atoms with Crippen LogP contribution in [0, 0.1) is 0 Å². The number of halogens is 1. The highest BCUT2D eigenvalue weighted by Gasteiger charge is 2.45. The number of carbonyl (C=O) groups is 1. The first kappa shape index (κ1) is 25.6. The second-order valence-corrected chi connectivity index (χ2v) is 11.5. The van der Waals surface area contributed by atoms with Crippen LogP contribution in [0.3, 0.4) is 0 Å². The van der Waals surface area contributed by atoms with Crippen LogP contribution in [-0.4, -0.2) is 64.1 Å². The fraction of sp³-hybridized carbons (Fsp3) is 0.481. The van der Waals surface area contributed by atoms with Gasteiger partial charge < -0.3 is 19.3 Å². The summed E-state index contributed by atoms with van der Waals surface area (Å²) in [5.74, 6) is 0.796. The number of rotatable bonds is 3. The van der Waals surface area contributed by atoms with Crippen LogP contribution < -0.4 is 4.90 Å². The molecule has 1 amide bonds. The zero-order valence-electron chi connectivity index (χ0n) is 22.0. The van der Waals surface area contributed by atoms with E-state index in [9.17, 15) is 4.79 Å². The van der Waals surface area contributed by atoms with Crippen molar-refractivity contribution in [3.05, 3.63) is 63.1 Å². The van der Waals surface area contributed by atoms with E-state index >= 15 is 0 Å². The van der Waals surface area contributed by atoms with Crippen LogP contribution in [0.1, 0.15) is 58.0 Å². The van der Waals surface area contributed by atoms with Gasteiger partial charge in [-0.3, -0.25) is 9.48 Å². The number of aromatic nitrogens is 4. The van der Waals surface area contributed by atoms with Crippen molar-refractivity contribution in [3.63, 3.8) is 0 Å². The summed E-state index contributed by atoms with van der Waals surface area (Å²) in [5, 5.41) is 6.00. The van der Waals surface area contributed by atoms with Gasteiger partial charge in [-0.15, -0.1) is 0 Å². The first-order valence-electron chi connectivity index (χ1n) is 12.8. The number of nitrogens with zero attached hydrogens (tertiary/aromatic N) is 6. The normalized spacial score (nSPS) is 22.4. The number of aryl methyl sites for hydroxylation is 1. The molecule has 3 aromatic rings. The number of hydrogen-bond donors (Lipinski definition) is 0. The highest BCUT2D eigenvalue weighted by Crippen LogP contribution is 2.46. The second kappa shape index (κ2) is 9.82. The van der Waals surface area contributed by atoms with Gasteiger partial charge in [-0.1, -0.05) is 29.4 Å². The lowest BCUT2D eigenvalue weighted by molar-refractivity contribution is -0.148. The van der Waals surface area contributed by atoms with Gasteiger partial charge >= 0.3 is 0 Å².